The summed E-state index contributed by atoms with van der Waals surface area (Å²) in [7, 11) is 0. The summed E-state index contributed by atoms with van der Waals surface area (Å²) >= 11 is 0. The van der Waals surface area contributed by atoms with Crippen LogP contribution in [0.3, 0.4) is 0 Å². The third-order valence-electron chi connectivity index (χ3n) is 2.69. The Morgan fingerprint density at radius 2 is 2.11 bits per heavy atom. The van der Waals surface area contributed by atoms with Gasteiger partial charge in [-0.1, -0.05) is 6.07 Å². The molecule has 5 heteroatoms. The first kappa shape index (κ1) is 13.0. The zero-order valence-corrected chi connectivity index (χ0v) is 11.0. The number of rotatable bonds is 3. The number of hydrogen-bond donors (Lipinski definition) is 2. The quantitative estimate of drug-likeness (QED) is 0.821. The molecule has 0 saturated carbocycles. The fraction of sp³-hybridized carbons (Fsp3) is 0.214. The van der Waals surface area contributed by atoms with E-state index in [0.717, 1.165) is 22.0 Å². The van der Waals surface area contributed by atoms with Crippen molar-refractivity contribution in [1.82, 2.24) is 9.97 Å². The highest BCUT2D eigenvalue weighted by molar-refractivity contribution is 6.11. The molecule has 1 heterocycles. The summed E-state index contributed by atoms with van der Waals surface area (Å²) in [5.74, 6) is 0.462. The molecule has 0 radical (unpaired) electrons. The maximum Gasteiger partial charge on any atom is 0.134 e. The van der Waals surface area contributed by atoms with Gasteiger partial charge in [0.2, 0.25) is 0 Å². The van der Waals surface area contributed by atoms with E-state index >= 15 is 0 Å². The van der Waals surface area contributed by atoms with Gasteiger partial charge in [-0.25, -0.2) is 9.97 Å². The van der Waals surface area contributed by atoms with Crippen molar-refractivity contribution in [2.24, 2.45) is 10.7 Å². The summed E-state index contributed by atoms with van der Waals surface area (Å²) in [6, 6.07) is 5.99. The number of nitrogens with two attached hydrogens (primary N) is 2. The van der Waals surface area contributed by atoms with Crippen LogP contribution in [0.5, 0.6) is 0 Å². The molecule has 0 atom stereocenters. The van der Waals surface area contributed by atoms with Gasteiger partial charge >= 0.3 is 0 Å². The number of nitrogens with zero attached hydrogens (tertiary/aromatic N) is 3. The topological polar surface area (TPSA) is 90.2 Å². The highest BCUT2D eigenvalue weighted by atomic mass is 14.9. The van der Waals surface area contributed by atoms with E-state index in [1.807, 2.05) is 32.0 Å². The zero-order chi connectivity index (χ0) is 13.8. The Hall–Kier alpha value is -2.43. The summed E-state index contributed by atoms with van der Waals surface area (Å²) in [4.78, 5) is 12.5. The number of aromatic nitrogens is 2. The van der Waals surface area contributed by atoms with E-state index in [0.29, 0.717) is 5.82 Å². The minimum atomic E-state index is 0.226. The molecule has 2 aromatic rings. The van der Waals surface area contributed by atoms with Crippen molar-refractivity contribution in [1.29, 1.82) is 0 Å². The first-order valence-corrected chi connectivity index (χ1v) is 6.07. The summed E-state index contributed by atoms with van der Waals surface area (Å²) < 4.78 is 0. The Labute approximate surface area is 112 Å². The number of benzene rings is 1. The highest BCUT2D eigenvalue weighted by Gasteiger charge is 2.04. The molecule has 0 aliphatic heterocycles. The molecular formula is C14H17N5. The number of fused-ring (bicyclic) bond motifs is 1. The van der Waals surface area contributed by atoms with Gasteiger partial charge in [0.15, 0.2) is 0 Å². The Morgan fingerprint density at radius 3 is 2.79 bits per heavy atom. The molecule has 1 aromatic carbocycles. The van der Waals surface area contributed by atoms with Crippen molar-refractivity contribution in [3.63, 3.8) is 0 Å². The smallest absolute Gasteiger partial charge is 0.134 e. The lowest BCUT2D eigenvalue weighted by molar-refractivity contribution is 0.842. The van der Waals surface area contributed by atoms with Crippen LogP contribution in [0.4, 0.5) is 5.82 Å². The first-order valence-electron chi connectivity index (χ1n) is 6.07. The minimum absolute atomic E-state index is 0.226. The predicted molar refractivity (Wildman–Crippen MR) is 79.7 cm³/mol. The molecule has 5 nitrogen and oxygen atoms in total. The molecular weight excluding hydrogens is 238 g/mol. The predicted octanol–water partition coefficient (Wildman–Crippen LogP) is 1.99. The number of nitrogen functional groups attached to an aromatic ring is 1. The molecule has 0 unspecified atom stereocenters. The number of hydrogen-bond acceptors (Lipinski definition) is 5. The van der Waals surface area contributed by atoms with Gasteiger partial charge in [-0.05, 0) is 31.5 Å². The van der Waals surface area contributed by atoms with Gasteiger partial charge < -0.3 is 11.5 Å². The Bertz CT molecular complexity index is 643. The van der Waals surface area contributed by atoms with Crippen LogP contribution in [0.2, 0.25) is 0 Å². The van der Waals surface area contributed by atoms with Crippen molar-refractivity contribution in [3.05, 3.63) is 36.3 Å². The molecule has 0 fully saturated rings. The van der Waals surface area contributed by atoms with Crippen LogP contribution >= 0.6 is 0 Å². The van der Waals surface area contributed by atoms with Crippen molar-refractivity contribution in [2.45, 2.75) is 19.9 Å². The van der Waals surface area contributed by atoms with E-state index < -0.39 is 0 Å². The molecule has 0 bridgehead atoms. The molecule has 4 N–H and O–H groups in total. The van der Waals surface area contributed by atoms with Crippen molar-refractivity contribution in [3.8, 4) is 0 Å². The molecule has 0 amide bonds. The van der Waals surface area contributed by atoms with E-state index in [2.05, 4.69) is 15.0 Å². The van der Waals surface area contributed by atoms with E-state index in [1.165, 1.54) is 12.5 Å². The van der Waals surface area contributed by atoms with E-state index in [4.69, 9.17) is 11.5 Å². The third-order valence-corrected chi connectivity index (χ3v) is 2.69. The molecule has 1 aromatic heterocycles. The Morgan fingerprint density at radius 1 is 1.32 bits per heavy atom. The van der Waals surface area contributed by atoms with Crippen LogP contribution < -0.4 is 11.5 Å². The maximum absolute atomic E-state index is 5.85. The minimum Gasteiger partial charge on any atom is -0.404 e. The fourth-order valence-electron chi connectivity index (χ4n) is 1.70. The van der Waals surface area contributed by atoms with Gasteiger partial charge in [0.25, 0.3) is 0 Å². The normalized spacial score (nSPS) is 12.7. The third kappa shape index (κ3) is 2.88. The zero-order valence-electron chi connectivity index (χ0n) is 11.0. The number of allylic oxidation sites excluding steroid dienone is 1. The van der Waals surface area contributed by atoms with Crippen LogP contribution in [0.1, 0.15) is 19.4 Å². The molecule has 0 spiro atoms. The molecule has 0 aliphatic carbocycles. The van der Waals surface area contributed by atoms with Crippen LogP contribution in [0.15, 0.2) is 35.7 Å². The van der Waals surface area contributed by atoms with Crippen LogP contribution in [-0.4, -0.2) is 22.2 Å². The van der Waals surface area contributed by atoms with E-state index in [9.17, 15) is 0 Å². The second kappa shape index (κ2) is 5.48. The van der Waals surface area contributed by atoms with Crippen LogP contribution in [0.25, 0.3) is 16.5 Å². The lowest BCUT2D eigenvalue weighted by Gasteiger charge is -2.05. The largest absolute Gasteiger partial charge is 0.404 e. The lowest BCUT2D eigenvalue weighted by Crippen LogP contribution is -1.97. The lowest BCUT2D eigenvalue weighted by atomic mass is 10.1. The van der Waals surface area contributed by atoms with Gasteiger partial charge in [0.05, 0.1) is 5.52 Å². The summed E-state index contributed by atoms with van der Waals surface area (Å²) in [5, 5.41) is 0.817. The monoisotopic (exact) mass is 255 g/mol. The highest BCUT2D eigenvalue weighted by Crippen LogP contribution is 2.21. The molecule has 98 valence electrons. The van der Waals surface area contributed by atoms with E-state index in [-0.39, 0.29) is 6.04 Å². The van der Waals surface area contributed by atoms with Gasteiger partial charge in [-0.15, -0.1) is 0 Å². The SMILES string of the molecule is CC(C)N=CC(=CN)c1ccc2ncnc(N)c2c1. The standard InChI is InChI=1S/C14H17N5/c1-9(2)17-7-11(6-15)10-3-4-13-12(5-10)14(16)19-8-18-13/h3-9H,15H2,1-2H3,(H2,16,18,19). The average Bonchev–Trinajstić information content (AvgIpc) is 2.40. The number of aliphatic imine (C=N–C) groups is 1. The molecule has 0 aliphatic rings. The van der Waals surface area contributed by atoms with Crippen molar-refractivity contribution < 1.29 is 0 Å². The Balaban J connectivity index is 2.48. The van der Waals surface area contributed by atoms with Gasteiger partial charge in [0.1, 0.15) is 12.1 Å². The summed E-state index contributed by atoms with van der Waals surface area (Å²) in [6.07, 6.45) is 4.76. The molecule has 19 heavy (non-hydrogen) atoms. The van der Waals surface area contributed by atoms with Crippen molar-refractivity contribution >= 4 is 28.5 Å². The Kier molecular flexibility index (Phi) is 3.75. The van der Waals surface area contributed by atoms with Gasteiger partial charge in [-0.3, -0.25) is 4.99 Å². The first-order chi connectivity index (χ1) is 9.11. The molecule has 2 rings (SSSR count). The summed E-state index contributed by atoms with van der Waals surface area (Å²) in [6.45, 7) is 4.02. The second-order valence-corrected chi connectivity index (χ2v) is 4.48. The van der Waals surface area contributed by atoms with Gasteiger partial charge in [-0.2, -0.15) is 0 Å². The van der Waals surface area contributed by atoms with E-state index in [1.54, 1.807) is 6.21 Å². The van der Waals surface area contributed by atoms with Crippen molar-refractivity contribution in [2.75, 3.05) is 5.73 Å². The van der Waals surface area contributed by atoms with Crippen LogP contribution in [0, 0.1) is 0 Å². The average molecular weight is 255 g/mol. The maximum atomic E-state index is 5.85. The fourth-order valence-corrected chi connectivity index (χ4v) is 1.70. The number of anilines is 1. The molecule has 0 saturated heterocycles. The van der Waals surface area contributed by atoms with Gasteiger partial charge in [0, 0.05) is 29.4 Å². The second-order valence-electron chi connectivity index (χ2n) is 4.48. The van der Waals surface area contributed by atoms with Crippen LogP contribution in [-0.2, 0) is 0 Å². The summed E-state index contributed by atoms with van der Waals surface area (Å²) in [5.41, 5.74) is 14.1.